The molecule has 0 unspecified atom stereocenters. The summed E-state index contributed by atoms with van der Waals surface area (Å²) < 4.78 is 55.3. The van der Waals surface area contributed by atoms with Crippen molar-refractivity contribution >= 4 is 40.9 Å². The minimum absolute atomic E-state index is 0.0258. The van der Waals surface area contributed by atoms with Crippen molar-refractivity contribution in [2.24, 2.45) is 0 Å². The number of anilines is 2. The molecule has 2 N–H and O–H groups in total. The highest BCUT2D eigenvalue weighted by Gasteiger charge is 2.30. The summed E-state index contributed by atoms with van der Waals surface area (Å²) in [5.41, 5.74) is -0.768. The third-order valence-corrected chi connectivity index (χ3v) is 5.46. The van der Waals surface area contributed by atoms with Crippen molar-refractivity contribution in [3.63, 3.8) is 0 Å². The molecule has 3 rings (SSSR count). The number of nitrogens with zero attached hydrogens (tertiary/aromatic N) is 1. The minimum Gasteiger partial charge on any atom is -0.495 e. The number of halogens is 4. The van der Waals surface area contributed by atoms with E-state index in [-0.39, 0.29) is 34.4 Å². The summed E-state index contributed by atoms with van der Waals surface area (Å²) in [4.78, 5) is 25.1. The van der Waals surface area contributed by atoms with Crippen LogP contribution >= 0.6 is 11.6 Å². The van der Waals surface area contributed by atoms with E-state index in [1.165, 1.54) is 31.4 Å². The van der Waals surface area contributed by atoms with Gasteiger partial charge in [-0.3, -0.25) is 9.59 Å². The predicted octanol–water partition coefficient (Wildman–Crippen LogP) is 6.33. The van der Waals surface area contributed by atoms with E-state index in [1.54, 1.807) is 37.3 Å². The number of benzene rings is 3. The zero-order valence-electron chi connectivity index (χ0n) is 21.3. The standard InChI is InChI=1S/C28H23ClF3N3O5/c1-3-39-24-13-17(11-18(15-33)27(37)34-20-8-6-7-19(14-20)28(30,31)32)12-21(29)26(24)40-16-25(36)35-22-9-4-5-10-23(22)38-2/h4-14H,3,16H2,1-2H3,(H,34,37)(H,35,36)/b18-11+. The van der Waals surface area contributed by atoms with E-state index in [0.717, 1.165) is 18.2 Å². The van der Waals surface area contributed by atoms with E-state index < -0.39 is 35.7 Å². The van der Waals surface area contributed by atoms with Gasteiger partial charge in [0, 0.05) is 5.69 Å². The summed E-state index contributed by atoms with van der Waals surface area (Å²) in [6.07, 6.45) is -3.41. The monoisotopic (exact) mass is 573 g/mol. The van der Waals surface area contributed by atoms with Gasteiger partial charge in [0.05, 0.1) is 30.0 Å². The zero-order chi connectivity index (χ0) is 29.3. The van der Waals surface area contributed by atoms with Gasteiger partial charge < -0.3 is 24.8 Å². The van der Waals surface area contributed by atoms with Crippen molar-refractivity contribution in [2.45, 2.75) is 13.1 Å². The highest BCUT2D eigenvalue weighted by Crippen LogP contribution is 2.37. The lowest BCUT2D eigenvalue weighted by atomic mass is 10.1. The molecule has 0 aromatic heterocycles. The molecule has 0 fully saturated rings. The van der Waals surface area contributed by atoms with Crippen LogP contribution in [0.4, 0.5) is 24.5 Å². The largest absolute Gasteiger partial charge is 0.495 e. The van der Waals surface area contributed by atoms with Gasteiger partial charge in [-0.1, -0.05) is 29.8 Å². The molecular weight excluding hydrogens is 551 g/mol. The van der Waals surface area contributed by atoms with Crippen LogP contribution in [0.5, 0.6) is 17.2 Å². The number of nitriles is 1. The van der Waals surface area contributed by atoms with Crippen molar-refractivity contribution in [1.29, 1.82) is 5.26 Å². The molecule has 0 saturated heterocycles. The maximum absolute atomic E-state index is 13.0. The Labute approximate surface area is 232 Å². The van der Waals surface area contributed by atoms with Crippen LogP contribution in [-0.2, 0) is 15.8 Å². The molecule has 2 amide bonds. The number of hydrogen-bond acceptors (Lipinski definition) is 6. The van der Waals surface area contributed by atoms with E-state index >= 15 is 0 Å². The van der Waals surface area contributed by atoms with E-state index in [2.05, 4.69) is 10.6 Å². The molecule has 3 aromatic carbocycles. The number of para-hydroxylation sites is 2. The third-order valence-electron chi connectivity index (χ3n) is 5.18. The first-order chi connectivity index (χ1) is 19.0. The maximum Gasteiger partial charge on any atom is 0.416 e. The topological polar surface area (TPSA) is 110 Å². The molecule has 40 heavy (non-hydrogen) atoms. The van der Waals surface area contributed by atoms with Gasteiger partial charge in [-0.05, 0) is 61.0 Å². The molecule has 12 heteroatoms. The highest BCUT2D eigenvalue weighted by atomic mass is 35.5. The molecule has 3 aromatic rings. The number of carbonyl (C=O) groups is 2. The Bertz CT molecular complexity index is 1470. The first-order valence-electron chi connectivity index (χ1n) is 11.7. The van der Waals surface area contributed by atoms with Gasteiger partial charge in [0.15, 0.2) is 18.1 Å². The molecule has 0 aliphatic carbocycles. The summed E-state index contributed by atoms with van der Waals surface area (Å²) in [5, 5.41) is 14.5. The second kappa shape index (κ2) is 13.4. The van der Waals surface area contributed by atoms with E-state index in [0.29, 0.717) is 11.4 Å². The van der Waals surface area contributed by atoms with E-state index in [1.807, 2.05) is 0 Å². The van der Waals surface area contributed by atoms with Gasteiger partial charge in [-0.2, -0.15) is 18.4 Å². The Morgan fingerprint density at radius 3 is 2.45 bits per heavy atom. The summed E-state index contributed by atoms with van der Waals surface area (Å²) in [7, 11) is 1.47. The van der Waals surface area contributed by atoms with Crippen molar-refractivity contribution < 1.29 is 37.0 Å². The van der Waals surface area contributed by atoms with Crippen LogP contribution in [0, 0.1) is 11.3 Å². The smallest absolute Gasteiger partial charge is 0.416 e. The van der Waals surface area contributed by atoms with Gasteiger partial charge in [-0.15, -0.1) is 0 Å². The third kappa shape index (κ3) is 7.91. The summed E-state index contributed by atoms with van der Waals surface area (Å²) >= 11 is 6.38. The summed E-state index contributed by atoms with van der Waals surface area (Å²) in [6, 6.07) is 15.4. The van der Waals surface area contributed by atoms with Gasteiger partial charge >= 0.3 is 6.18 Å². The number of carbonyl (C=O) groups excluding carboxylic acids is 2. The lowest BCUT2D eigenvalue weighted by Gasteiger charge is -2.15. The Hall–Kier alpha value is -4.69. The summed E-state index contributed by atoms with van der Waals surface area (Å²) in [6.45, 7) is 1.49. The number of nitrogens with one attached hydrogen (secondary N) is 2. The number of ether oxygens (including phenoxy) is 3. The number of hydrogen-bond donors (Lipinski definition) is 2. The van der Waals surface area contributed by atoms with Crippen molar-refractivity contribution in [2.75, 3.05) is 31.0 Å². The number of amides is 2. The summed E-state index contributed by atoms with van der Waals surface area (Å²) in [5.74, 6) is -0.760. The molecule has 0 heterocycles. The predicted molar refractivity (Wildman–Crippen MR) is 143 cm³/mol. The average Bonchev–Trinajstić information content (AvgIpc) is 2.91. The first kappa shape index (κ1) is 29.9. The van der Waals surface area contributed by atoms with Crippen LogP contribution in [-0.4, -0.2) is 32.1 Å². The fourth-order valence-electron chi connectivity index (χ4n) is 3.43. The van der Waals surface area contributed by atoms with Gasteiger partial charge in [0.25, 0.3) is 11.8 Å². The lowest BCUT2D eigenvalue weighted by Crippen LogP contribution is -2.21. The Balaban J connectivity index is 1.78. The van der Waals surface area contributed by atoms with Crippen LogP contribution in [0.2, 0.25) is 5.02 Å². The average molecular weight is 574 g/mol. The Morgan fingerprint density at radius 2 is 1.77 bits per heavy atom. The van der Waals surface area contributed by atoms with Crippen molar-refractivity contribution in [1.82, 2.24) is 0 Å². The quantitative estimate of drug-likeness (QED) is 0.217. The lowest BCUT2D eigenvalue weighted by molar-refractivity contribution is -0.137. The molecule has 0 aliphatic rings. The molecule has 8 nitrogen and oxygen atoms in total. The van der Waals surface area contributed by atoms with Crippen molar-refractivity contribution in [3.8, 4) is 23.3 Å². The van der Waals surface area contributed by atoms with Crippen LogP contribution in [0.3, 0.4) is 0 Å². The van der Waals surface area contributed by atoms with Crippen LogP contribution < -0.4 is 24.8 Å². The van der Waals surface area contributed by atoms with Gasteiger partial charge in [-0.25, -0.2) is 0 Å². The molecule has 0 saturated carbocycles. The molecular formula is C28H23ClF3N3O5. The van der Waals surface area contributed by atoms with Crippen LogP contribution in [0.1, 0.15) is 18.1 Å². The Kier molecular flexibility index (Phi) is 10.00. The molecule has 208 valence electrons. The molecule has 0 bridgehead atoms. The van der Waals surface area contributed by atoms with Crippen LogP contribution in [0.15, 0.2) is 66.2 Å². The maximum atomic E-state index is 13.0. The van der Waals surface area contributed by atoms with E-state index in [4.69, 9.17) is 25.8 Å². The van der Waals surface area contributed by atoms with Crippen LogP contribution in [0.25, 0.3) is 6.08 Å². The zero-order valence-corrected chi connectivity index (χ0v) is 22.0. The second-order valence-corrected chi connectivity index (χ2v) is 8.41. The fraction of sp³-hybridized carbons (Fsp3) is 0.179. The van der Waals surface area contributed by atoms with E-state index in [9.17, 15) is 28.0 Å². The number of rotatable bonds is 10. The SMILES string of the molecule is CCOc1cc(/C=C(\C#N)C(=O)Nc2cccc(C(F)(F)F)c2)cc(Cl)c1OCC(=O)Nc1ccccc1OC. The fourth-order valence-corrected chi connectivity index (χ4v) is 3.71. The molecule has 0 atom stereocenters. The number of alkyl halides is 3. The first-order valence-corrected chi connectivity index (χ1v) is 12.1. The highest BCUT2D eigenvalue weighted by molar-refractivity contribution is 6.32. The van der Waals surface area contributed by atoms with Gasteiger partial charge in [0.2, 0.25) is 0 Å². The Morgan fingerprint density at radius 1 is 1.02 bits per heavy atom. The number of methoxy groups -OCH3 is 1. The second-order valence-electron chi connectivity index (χ2n) is 8.00. The minimum atomic E-state index is -4.60. The molecule has 0 aliphatic heterocycles. The molecule has 0 spiro atoms. The normalized spacial score (nSPS) is 11.3. The van der Waals surface area contributed by atoms with Gasteiger partial charge in [0.1, 0.15) is 17.4 Å². The van der Waals surface area contributed by atoms with Crippen molar-refractivity contribution in [3.05, 3.63) is 82.4 Å². The molecule has 0 radical (unpaired) electrons.